The van der Waals surface area contributed by atoms with E-state index in [9.17, 15) is 0 Å². The van der Waals surface area contributed by atoms with Crippen LogP contribution >= 0.6 is 0 Å². The van der Waals surface area contributed by atoms with E-state index in [4.69, 9.17) is 5.26 Å². The van der Waals surface area contributed by atoms with E-state index in [2.05, 4.69) is 11.4 Å². The molecule has 1 aliphatic carbocycles. The van der Waals surface area contributed by atoms with Crippen molar-refractivity contribution in [2.75, 3.05) is 6.54 Å². The quantitative estimate of drug-likeness (QED) is 0.696. The second kappa shape index (κ2) is 5.16. The van der Waals surface area contributed by atoms with Gasteiger partial charge < -0.3 is 5.32 Å². The molecule has 0 saturated heterocycles. The smallest absolute Gasteiger partial charge is 0.0666 e. The fourth-order valence-corrected chi connectivity index (χ4v) is 1.70. The van der Waals surface area contributed by atoms with Gasteiger partial charge in [0.25, 0.3) is 0 Å². The summed E-state index contributed by atoms with van der Waals surface area (Å²) in [5.41, 5.74) is 0. The van der Waals surface area contributed by atoms with Crippen LogP contribution < -0.4 is 5.32 Å². The molecule has 1 rings (SSSR count). The summed E-state index contributed by atoms with van der Waals surface area (Å²) >= 11 is 0. The first-order valence-electron chi connectivity index (χ1n) is 4.96. The van der Waals surface area contributed by atoms with Crippen molar-refractivity contribution in [3.63, 3.8) is 0 Å². The summed E-state index contributed by atoms with van der Waals surface area (Å²) in [4.78, 5) is 0. The lowest BCUT2D eigenvalue weighted by Gasteiger charge is -2.23. The van der Waals surface area contributed by atoms with Crippen LogP contribution in [0.15, 0.2) is 0 Å². The monoisotopic (exact) mass is 166 g/mol. The highest BCUT2D eigenvalue weighted by molar-refractivity contribution is 4.82. The van der Waals surface area contributed by atoms with Crippen molar-refractivity contribution in [3.05, 3.63) is 0 Å². The number of nitriles is 1. The molecule has 1 aliphatic rings. The molecule has 0 amide bonds. The average Bonchev–Trinajstić information content (AvgIpc) is 2.16. The van der Waals surface area contributed by atoms with Crippen molar-refractivity contribution in [2.24, 2.45) is 5.92 Å². The first-order chi connectivity index (χ1) is 5.83. The standard InChI is InChI=1S/C10H18N2/c1-9(7-11)8-12-10-5-3-2-4-6-10/h9-10,12H,2-6,8H2,1H3. The van der Waals surface area contributed by atoms with Crippen molar-refractivity contribution in [1.82, 2.24) is 5.32 Å². The number of rotatable bonds is 3. The second-order valence-corrected chi connectivity index (χ2v) is 3.77. The Kier molecular flexibility index (Phi) is 4.10. The third-order valence-corrected chi connectivity index (χ3v) is 2.54. The zero-order chi connectivity index (χ0) is 8.81. The summed E-state index contributed by atoms with van der Waals surface area (Å²) in [7, 11) is 0. The van der Waals surface area contributed by atoms with Crippen molar-refractivity contribution >= 4 is 0 Å². The first-order valence-corrected chi connectivity index (χ1v) is 4.96. The van der Waals surface area contributed by atoms with Gasteiger partial charge in [-0.25, -0.2) is 0 Å². The van der Waals surface area contributed by atoms with Gasteiger partial charge in [0.2, 0.25) is 0 Å². The van der Waals surface area contributed by atoms with E-state index in [0.717, 1.165) is 6.54 Å². The Bertz CT molecular complexity index is 154. The van der Waals surface area contributed by atoms with Gasteiger partial charge in [0, 0.05) is 12.6 Å². The predicted octanol–water partition coefficient (Wildman–Crippen LogP) is 2.07. The van der Waals surface area contributed by atoms with Gasteiger partial charge in [-0.2, -0.15) is 5.26 Å². The highest BCUT2D eigenvalue weighted by atomic mass is 14.9. The van der Waals surface area contributed by atoms with Crippen LogP contribution in [0.1, 0.15) is 39.0 Å². The zero-order valence-electron chi connectivity index (χ0n) is 7.84. The van der Waals surface area contributed by atoms with Gasteiger partial charge in [0.15, 0.2) is 0 Å². The van der Waals surface area contributed by atoms with E-state index in [1.165, 1.54) is 32.1 Å². The predicted molar refractivity (Wildman–Crippen MR) is 49.7 cm³/mol. The molecule has 0 aliphatic heterocycles. The molecular formula is C10H18N2. The summed E-state index contributed by atoms with van der Waals surface area (Å²) in [5.74, 6) is 0.159. The number of nitrogens with zero attached hydrogens (tertiary/aromatic N) is 1. The summed E-state index contributed by atoms with van der Waals surface area (Å²) < 4.78 is 0. The molecule has 2 nitrogen and oxygen atoms in total. The highest BCUT2D eigenvalue weighted by Crippen LogP contribution is 2.17. The van der Waals surface area contributed by atoms with Crippen molar-refractivity contribution in [3.8, 4) is 6.07 Å². The molecule has 12 heavy (non-hydrogen) atoms. The van der Waals surface area contributed by atoms with Gasteiger partial charge in [-0.1, -0.05) is 19.3 Å². The maximum atomic E-state index is 8.57. The molecule has 0 aromatic heterocycles. The van der Waals surface area contributed by atoms with Crippen LogP contribution in [0.25, 0.3) is 0 Å². The maximum absolute atomic E-state index is 8.57. The molecule has 0 heterocycles. The van der Waals surface area contributed by atoms with E-state index < -0.39 is 0 Å². The molecule has 1 N–H and O–H groups in total. The normalized spacial score (nSPS) is 21.7. The Morgan fingerprint density at radius 2 is 2.08 bits per heavy atom. The Labute approximate surface area is 75.0 Å². The van der Waals surface area contributed by atoms with Crippen LogP contribution in [0.5, 0.6) is 0 Å². The van der Waals surface area contributed by atoms with Crippen molar-refractivity contribution in [1.29, 1.82) is 5.26 Å². The van der Waals surface area contributed by atoms with Crippen LogP contribution in [0.2, 0.25) is 0 Å². The molecule has 1 unspecified atom stereocenters. The van der Waals surface area contributed by atoms with Gasteiger partial charge in [-0.05, 0) is 19.8 Å². The first kappa shape index (κ1) is 9.54. The SMILES string of the molecule is CC(C#N)CNC1CCCCC1. The third-order valence-electron chi connectivity index (χ3n) is 2.54. The number of hydrogen-bond acceptors (Lipinski definition) is 2. The Morgan fingerprint density at radius 1 is 1.42 bits per heavy atom. The molecule has 0 aromatic rings. The van der Waals surface area contributed by atoms with E-state index >= 15 is 0 Å². The van der Waals surface area contributed by atoms with E-state index in [1.807, 2.05) is 6.92 Å². The van der Waals surface area contributed by atoms with Crippen LogP contribution in [-0.4, -0.2) is 12.6 Å². The highest BCUT2D eigenvalue weighted by Gasteiger charge is 2.12. The van der Waals surface area contributed by atoms with Gasteiger partial charge in [0.05, 0.1) is 12.0 Å². The lowest BCUT2D eigenvalue weighted by molar-refractivity contribution is 0.365. The summed E-state index contributed by atoms with van der Waals surface area (Å²) in [5, 5.41) is 12.0. The molecule has 0 aromatic carbocycles. The van der Waals surface area contributed by atoms with E-state index in [-0.39, 0.29) is 5.92 Å². The van der Waals surface area contributed by atoms with Crippen LogP contribution in [-0.2, 0) is 0 Å². The second-order valence-electron chi connectivity index (χ2n) is 3.77. The van der Waals surface area contributed by atoms with Crippen LogP contribution in [0.3, 0.4) is 0 Å². The van der Waals surface area contributed by atoms with Gasteiger partial charge in [-0.3, -0.25) is 0 Å². The molecule has 1 atom stereocenters. The Morgan fingerprint density at radius 3 is 2.67 bits per heavy atom. The molecule has 1 fully saturated rings. The summed E-state index contributed by atoms with van der Waals surface area (Å²) in [6.45, 7) is 2.83. The molecule has 0 spiro atoms. The van der Waals surface area contributed by atoms with Crippen LogP contribution in [0.4, 0.5) is 0 Å². The summed E-state index contributed by atoms with van der Waals surface area (Å²) in [6.07, 6.45) is 6.72. The Hall–Kier alpha value is -0.550. The molecule has 1 saturated carbocycles. The minimum atomic E-state index is 0.159. The van der Waals surface area contributed by atoms with Crippen molar-refractivity contribution in [2.45, 2.75) is 45.1 Å². The van der Waals surface area contributed by atoms with E-state index in [1.54, 1.807) is 0 Å². The van der Waals surface area contributed by atoms with Crippen LogP contribution in [0, 0.1) is 17.2 Å². The fraction of sp³-hybridized carbons (Fsp3) is 0.900. The fourth-order valence-electron chi connectivity index (χ4n) is 1.70. The lowest BCUT2D eigenvalue weighted by atomic mass is 9.95. The lowest BCUT2D eigenvalue weighted by Crippen LogP contribution is -2.33. The van der Waals surface area contributed by atoms with Gasteiger partial charge in [-0.15, -0.1) is 0 Å². The topological polar surface area (TPSA) is 35.8 Å². The van der Waals surface area contributed by atoms with Crippen molar-refractivity contribution < 1.29 is 0 Å². The maximum Gasteiger partial charge on any atom is 0.0666 e. The Balaban J connectivity index is 2.10. The zero-order valence-corrected chi connectivity index (χ0v) is 7.84. The number of hydrogen-bond donors (Lipinski definition) is 1. The number of nitrogens with one attached hydrogen (secondary N) is 1. The average molecular weight is 166 g/mol. The summed E-state index contributed by atoms with van der Waals surface area (Å²) in [6, 6.07) is 2.93. The largest absolute Gasteiger partial charge is 0.313 e. The van der Waals surface area contributed by atoms with Gasteiger partial charge >= 0.3 is 0 Å². The van der Waals surface area contributed by atoms with Gasteiger partial charge in [0.1, 0.15) is 0 Å². The molecular weight excluding hydrogens is 148 g/mol. The third kappa shape index (κ3) is 3.23. The molecule has 68 valence electrons. The molecule has 2 heteroatoms. The van der Waals surface area contributed by atoms with E-state index in [0.29, 0.717) is 6.04 Å². The molecule has 0 radical (unpaired) electrons. The minimum Gasteiger partial charge on any atom is -0.313 e. The minimum absolute atomic E-state index is 0.159. The molecule has 0 bridgehead atoms.